The van der Waals surface area contributed by atoms with Crippen LogP contribution in [0, 0.1) is 6.92 Å². The van der Waals surface area contributed by atoms with Crippen LogP contribution < -0.4 is 5.32 Å². The van der Waals surface area contributed by atoms with Crippen molar-refractivity contribution in [1.29, 1.82) is 0 Å². The third-order valence-electron chi connectivity index (χ3n) is 3.25. The highest BCUT2D eigenvalue weighted by Crippen LogP contribution is 2.16. The summed E-state index contributed by atoms with van der Waals surface area (Å²) in [5, 5.41) is 3.50. The van der Waals surface area contributed by atoms with Crippen LogP contribution in [0.3, 0.4) is 0 Å². The van der Waals surface area contributed by atoms with E-state index < -0.39 is 0 Å². The Morgan fingerprint density at radius 3 is 2.84 bits per heavy atom. The summed E-state index contributed by atoms with van der Waals surface area (Å²) < 4.78 is 2.18. The highest BCUT2D eigenvalue weighted by Gasteiger charge is 2.15. The quantitative estimate of drug-likeness (QED) is 0.865. The van der Waals surface area contributed by atoms with Crippen LogP contribution in [0.1, 0.15) is 37.1 Å². The molecule has 4 nitrogen and oxygen atoms in total. The molecule has 1 unspecified atom stereocenters. The number of aromatic nitrogens is 3. The molecule has 102 valence electrons. The summed E-state index contributed by atoms with van der Waals surface area (Å²) in [4.78, 5) is 9.08. The minimum absolute atomic E-state index is 0.220. The molecule has 2 aromatic rings. The van der Waals surface area contributed by atoms with E-state index in [1.165, 1.54) is 0 Å². The molecule has 0 aliphatic rings. The summed E-state index contributed by atoms with van der Waals surface area (Å²) in [5.41, 5.74) is 2.15. The average molecular weight is 258 g/mol. The maximum Gasteiger partial charge on any atom is 0.110 e. The van der Waals surface area contributed by atoms with Crippen LogP contribution in [0.2, 0.25) is 0 Å². The molecule has 0 saturated heterocycles. The molecule has 0 fully saturated rings. The van der Waals surface area contributed by atoms with E-state index in [4.69, 9.17) is 0 Å². The van der Waals surface area contributed by atoms with Crippen molar-refractivity contribution in [2.75, 3.05) is 6.54 Å². The van der Waals surface area contributed by atoms with Gasteiger partial charge in [0.1, 0.15) is 5.82 Å². The molecule has 0 aliphatic carbocycles. The number of hydrogen-bond acceptors (Lipinski definition) is 3. The number of pyridine rings is 1. The van der Waals surface area contributed by atoms with Crippen molar-refractivity contribution in [3.05, 3.63) is 47.8 Å². The molecule has 4 heteroatoms. The largest absolute Gasteiger partial charge is 0.335 e. The fourth-order valence-corrected chi connectivity index (χ4v) is 2.29. The number of aryl methyl sites for hydroxylation is 2. The molecule has 0 aliphatic heterocycles. The lowest BCUT2D eigenvalue weighted by Gasteiger charge is -2.18. The van der Waals surface area contributed by atoms with Gasteiger partial charge in [0.2, 0.25) is 0 Å². The van der Waals surface area contributed by atoms with Crippen molar-refractivity contribution < 1.29 is 0 Å². The van der Waals surface area contributed by atoms with Crippen molar-refractivity contribution >= 4 is 0 Å². The third kappa shape index (κ3) is 3.41. The van der Waals surface area contributed by atoms with E-state index in [0.29, 0.717) is 0 Å². The Kier molecular flexibility index (Phi) is 4.68. The van der Waals surface area contributed by atoms with Gasteiger partial charge in [-0.05, 0) is 32.5 Å². The van der Waals surface area contributed by atoms with Gasteiger partial charge in [-0.2, -0.15) is 0 Å². The van der Waals surface area contributed by atoms with Gasteiger partial charge in [0.05, 0.1) is 11.7 Å². The maximum absolute atomic E-state index is 4.63. The first-order valence-corrected chi connectivity index (χ1v) is 6.91. The second-order valence-electron chi connectivity index (χ2n) is 4.65. The van der Waals surface area contributed by atoms with E-state index in [1.807, 2.05) is 25.4 Å². The van der Waals surface area contributed by atoms with Gasteiger partial charge in [-0.25, -0.2) is 4.98 Å². The van der Waals surface area contributed by atoms with Crippen molar-refractivity contribution in [1.82, 2.24) is 19.9 Å². The molecular weight excluding hydrogens is 236 g/mol. The molecule has 2 rings (SSSR count). The Morgan fingerprint density at radius 2 is 2.16 bits per heavy atom. The summed E-state index contributed by atoms with van der Waals surface area (Å²) in [6, 6.07) is 6.39. The zero-order chi connectivity index (χ0) is 13.7. The van der Waals surface area contributed by atoms with E-state index in [2.05, 4.69) is 45.8 Å². The zero-order valence-electron chi connectivity index (χ0n) is 11.9. The second kappa shape index (κ2) is 6.48. The minimum atomic E-state index is 0.220. The van der Waals surface area contributed by atoms with Gasteiger partial charge in [-0.15, -0.1) is 0 Å². The maximum atomic E-state index is 4.63. The number of imidazole rings is 1. The lowest BCUT2D eigenvalue weighted by Crippen LogP contribution is -2.25. The highest BCUT2D eigenvalue weighted by atomic mass is 15.1. The number of nitrogens with zero attached hydrogens (tertiary/aromatic N) is 3. The Morgan fingerprint density at radius 1 is 1.32 bits per heavy atom. The molecule has 0 aromatic carbocycles. The van der Waals surface area contributed by atoms with Crippen LogP contribution in [0.15, 0.2) is 30.6 Å². The van der Waals surface area contributed by atoms with Crippen LogP contribution in [-0.2, 0) is 13.0 Å². The number of hydrogen-bond donors (Lipinski definition) is 1. The highest BCUT2D eigenvalue weighted by molar-refractivity contribution is 5.15. The Bertz CT molecular complexity index is 518. The normalized spacial score (nSPS) is 12.6. The molecule has 1 atom stereocenters. The molecule has 0 saturated carbocycles. The summed E-state index contributed by atoms with van der Waals surface area (Å²) in [6.07, 6.45) is 4.76. The zero-order valence-corrected chi connectivity index (χ0v) is 11.9. The van der Waals surface area contributed by atoms with Gasteiger partial charge in [0, 0.05) is 31.1 Å². The SMILES string of the molecule is CCNC(Cc1nccn1CC)c1cccc(C)n1. The van der Waals surface area contributed by atoms with E-state index in [1.54, 1.807) is 0 Å². The molecule has 0 amide bonds. The first-order chi connectivity index (χ1) is 9.24. The predicted molar refractivity (Wildman–Crippen MR) is 77.0 cm³/mol. The second-order valence-corrected chi connectivity index (χ2v) is 4.65. The first-order valence-electron chi connectivity index (χ1n) is 6.91. The third-order valence-corrected chi connectivity index (χ3v) is 3.25. The van der Waals surface area contributed by atoms with Crippen LogP contribution in [0.5, 0.6) is 0 Å². The minimum Gasteiger partial charge on any atom is -0.335 e. The van der Waals surface area contributed by atoms with E-state index in [-0.39, 0.29) is 6.04 Å². The Labute approximate surface area is 114 Å². The number of rotatable bonds is 6. The molecule has 19 heavy (non-hydrogen) atoms. The van der Waals surface area contributed by atoms with Gasteiger partial charge < -0.3 is 9.88 Å². The summed E-state index contributed by atoms with van der Waals surface area (Å²) in [6.45, 7) is 8.16. The Hall–Kier alpha value is -1.68. The number of likely N-dealkylation sites (N-methyl/N-ethyl adjacent to an activating group) is 1. The summed E-state index contributed by atoms with van der Waals surface area (Å²) >= 11 is 0. The summed E-state index contributed by atoms with van der Waals surface area (Å²) in [5.74, 6) is 1.11. The van der Waals surface area contributed by atoms with Gasteiger partial charge in [0.25, 0.3) is 0 Å². The molecule has 0 radical (unpaired) electrons. The monoisotopic (exact) mass is 258 g/mol. The molecule has 2 aromatic heterocycles. The molecule has 0 spiro atoms. The first kappa shape index (κ1) is 13.7. The van der Waals surface area contributed by atoms with Crippen LogP contribution in [0.4, 0.5) is 0 Å². The summed E-state index contributed by atoms with van der Waals surface area (Å²) in [7, 11) is 0. The molecular formula is C15H22N4. The lowest BCUT2D eigenvalue weighted by atomic mass is 10.1. The van der Waals surface area contributed by atoms with Crippen molar-refractivity contribution in [2.45, 2.75) is 39.8 Å². The van der Waals surface area contributed by atoms with Gasteiger partial charge in [-0.1, -0.05) is 13.0 Å². The molecule has 2 heterocycles. The van der Waals surface area contributed by atoms with Crippen molar-refractivity contribution in [3.8, 4) is 0 Å². The predicted octanol–water partition coefficient (Wildman–Crippen LogP) is 2.50. The molecule has 0 bridgehead atoms. The Balaban J connectivity index is 2.21. The topological polar surface area (TPSA) is 42.7 Å². The van der Waals surface area contributed by atoms with Crippen LogP contribution in [0.25, 0.3) is 0 Å². The van der Waals surface area contributed by atoms with Gasteiger partial charge in [-0.3, -0.25) is 4.98 Å². The number of nitrogens with one attached hydrogen (secondary N) is 1. The van der Waals surface area contributed by atoms with Crippen LogP contribution in [-0.4, -0.2) is 21.1 Å². The van der Waals surface area contributed by atoms with E-state index >= 15 is 0 Å². The smallest absolute Gasteiger partial charge is 0.110 e. The van der Waals surface area contributed by atoms with E-state index in [9.17, 15) is 0 Å². The van der Waals surface area contributed by atoms with Crippen molar-refractivity contribution in [2.24, 2.45) is 0 Å². The average Bonchev–Trinajstić information content (AvgIpc) is 2.85. The van der Waals surface area contributed by atoms with Crippen molar-refractivity contribution in [3.63, 3.8) is 0 Å². The van der Waals surface area contributed by atoms with Crippen LogP contribution >= 0.6 is 0 Å². The fourth-order valence-electron chi connectivity index (χ4n) is 2.29. The van der Waals surface area contributed by atoms with Gasteiger partial charge >= 0.3 is 0 Å². The standard InChI is InChI=1S/C15H22N4/c1-4-16-14(13-8-6-7-12(3)18-13)11-15-17-9-10-19(15)5-2/h6-10,14,16H,4-5,11H2,1-3H3. The fraction of sp³-hybridized carbons (Fsp3) is 0.467. The van der Waals surface area contributed by atoms with E-state index in [0.717, 1.165) is 36.7 Å². The lowest BCUT2D eigenvalue weighted by molar-refractivity contribution is 0.510. The van der Waals surface area contributed by atoms with Gasteiger partial charge in [0.15, 0.2) is 0 Å². The molecule has 1 N–H and O–H groups in total.